The molecule has 11 unspecified atom stereocenters. The second-order valence-electron chi connectivity index (χ2n) is 15.5. The maximum absolute atomic E-state index is 11.5. The molecule has 9 nitrogen and oxygen atoms in total. The second-order valence-corrected chi connectivity index (χ2v) is 15.5. The molecule has 0 bridgehead atoms. The van der Waals surface area contributed by atoms with Crippen molar-refractivity contribution >= 4 is 0 Å². The summed E-state index contributed by atoms with van der Waals surface area (Å²) in [6.07, 6.45) is -2.78. The van der Waals surface area contributed by atoms with Crippen LogP contribution in [-0.2, 0) is 33.2 Å². The van der Waals surface area contributed by atoms with E-state index in [4.69, 9.17) is 33.2 Å². The van der Waals surface area contributed by atoms with Crippen LogP contribution in [0, 0.1) is 53.3 Å². The molecule has 44 heavy (non-hydrogen) atoms. The molecule has 2 N–H and O–H groups in total. The minimum absolute atomic E-state index is 0.0301. The monoisotopic (exact) mass is 626 g/mol. The first kappa shape index (κ1) is 35.0. The van der Waals surface area contributed by atoms with Gasteiger partial charge in [-0.1, -0.05) is 55.4 Å². The van der Waals surface area contributed by atoms with Gasteiger partial charge in [-0.05, 0) is 57.8 Å². The van der Waals surface area contributed by atoms with E-state index in [-0.39, 0.29) is 73.0 Å². The molecule has 4 saturated heterocycles. The van der Waals surface area contributed by atoms with Crippen LogP contribution in [0.25, 0.3) is 0 Å². The summed E-state index contributed by atoms with van der Waals surface area (Å²) in [5.41, 5.74) is -0.508. The SMILES string of the molecule is CCC1O[C@H](C)C(C)C(C)[C@@H]1O[C@H]1OC(C)[C@@H]2[C@@H](C1C)C2(C)O[C@@H]1OC(CO)[C@H](O[C@H]2OC(C)[C@@H](C)C(C)C2C)[C@H](O)C1C. The van der Waals surface area contributed by atoms with Gasteiger partial charge in [0.15, 0.2) is 18.9 Å². The van der Waals surface area contributed by atoms with Crippen LogP contribution >= 0.6 is 0 Å². The molecular formula is C35H62O9. The maximum atomic E-state index is 11.5. The predicted octanol–water partition coefficient (Wildman–Crippen LogP) is 5.00. The van der Waals surface area contributed by atoms with Crippen molar-refractivity contribution in [1.29, 1.82) is 0 Å². The van der Waals surface area contributed by atoms with E-state index in [1.165, 1.54) is 0 Å². The van der Waals surface area contributed by atoms with Gasteiger partial charge in [-0.2, -0.15) is 0 Å². The quantitative estimate of drug-likeness (QED) is 0.385. The molecule has 1 aliphatic carbocycles. The summed E-state index contributed by atoms with van der Waals surface area (Å²) in [5.74, 6) is 1.82. The lowest BCUT2D eigenvalue weighted by Gasteiger charge is -2.48. The fraction of sp³-hybridized carbons (Fsp3) is 1.00. The molecule has 5 fully saturated rings. The topological polar surface area (TPSA) is 105 Å². The number of rotatable bonds is 8. The Morgan fingerprint density at radius 1 is 0.568 bits per heavy atom. The molecule has 1 saturated carbocycles. The van der Waals surface area contributed by atoms with E-state index >= 15 is 0 Å². The molecular weight excluding hydrogens is 564 g/mol. The smallest absolute Gasteiger partial charge is 0.164 e. The molecule has 5 rings (SSSR count). The second kappa shape index (κ2) is 13.3. The van der Waals surface area contributed by atoms with Crippen molar-refractivity contribution in [2.24, 2.45) is 53.3 Å². The molecule has 0 amide bonds. The standard InChI is InChI=1S/C35H62O9/c1-13-25-30(18(5)17(4)22(9)38-25)42-33-20(7)27-28(24(11)40-33)35(27,12)44-34-21(8)29(37)31(26(14-36)41-34)43-32-19(6)15(2)16(3)23(10)39-32/h15-34,36-37H,13-14H2,1-12H3/t15?,16-,17?,18?,19?,20?,21?,22+,23?,24?,25?,26?,27+,28+,29+,30-,31-,32+,33+,34-,35?/m0/s1. The zero-order chi connectivity index (χ0) is 32.4. The van der Waals surface area contributed by atoms with Crippen molar-refractivity contribution in [3.8, 4) is 0 Å². The van der Waals surface area contributed by atoms with Crippen LogP contribution < -0.4 is 0 Å². The Kier molecular flexibility index (Phi) is 10.5. The van der Waals surface area contributed by atoms with Gasteiger partial charge >= 0.3 is 0 Å². The highest BCUT2D eigenvalue weighted by Gasteiger charge is 2.72. The van der Waals surface area contributed by atoms with Crippen LogP contribution in [0.1, 0.15) is 89.5 Å². The Bertz CT molecular complexity index is 962. The van der Waals surface area contributed by atoms with E-state index < -0.39 is 36.5 Å². The fourth-order valence-corrected chi connectivity index (χ4v) is 8.98. The van der Waals surface area contributed by atoms with Gasteiger partial charge in [0, 0.05) is 29.6 Å². The van der Waals surface area contributed by atoms with Crippen LogP contribution in [0.5, 0.6) is 0 Å². The Labute approximate surface area is 266 Å². The van der Waals surface area contributed by atoms with Crippen molar-refractivity contribution < 1.29 is 43.4 Å². The minimum atomic E-state index is -0.888. The van der Waals surface area contributed by atoms with Gasteiger partial charge in [0.2, 0.25) is 0 Å². The van der Waals surface area contributed by atoms with Gasteiger partial charge in [0.1, 0.15) is 12.2 Å². The van der Waals surface area contributed by atoms with Gasteiger partial charge in [-0.25, -0.2) is 0 Å². The molecule has 0 spiro atoms. The molecule has 5 aliphatic rings. The molecule has 9 heteroatoms. The number of aliphatic hydroxyl groups excluding tert-OH is 2. The third-order valence-corrected chi connectivity index (χ3v) is 13.0. The summed E-state index contributed by atoms with van der Waals surface area (Å²) in [4.78, 5) is 0. The van der Waals surface area contributed by atoms with E-state index in [1.54, 1.807) is 0 Å². The van der Waals surface area contributed by atoms with Crippen LogP contribution in [-0.4, -0.2) is 90.1 Å². The molecule has 4 aliphatic heterocycles. The third-order valence-electron chi connectivity index (χ3n) is 13.0. The van der Waals surface area contributed by atoms with Crippen LogP contribution in [0.2, 0.25) is 0 Å². The molecule has 0 aromatic rings. The van der Waals surface area contributed by atoms with E-state index in [9.17, 15) is 10.2 Å². The Morgan fingerprint density at radius 3 is 1.77 bits per heavy atom. The van der Waals surface area contributed by atoms with Crippen molar-refractivity contribution in [3.63, 3.8) is 0 Å². The average molecular weight is 627 g/mol. The summed E-state index contributed by atoms with van der Waals surface area (Å²) in [5, 5.41) is 21.9. The van der Waals surface area contributed by atoms with E-state index in [0.717, 1.165) is 6.42 Å². The first-order valence-electron chi connectivity index (χ1n) is 17.6. The number of fused-ring (bicyclic) bond motifs is 1. The van der Waals surface area contributed by atoms with E-state index in [0.29, 0.717) is 23.7 Å². The summed E-state index contributed by atoms with van der Waals surface area (Å²) in [7, 11) is 0. The normalized spacial score (nSPS) is 58.0. The summed E-state index contributed by atoms with van der Waals surface area (Å²) in [6.45, 7) is 25.5. The molecule has 21 atom stereocenters. The molecule has 0 aromatic heterocycles. The summed E-state index contributed by atoms with van der Waals surface area (Å²) in [6, 6.07) is 0. The molecule has 256 valence electrons. The molecule has 4 heterocycles. The Hall–Kier alpha value is -0.360. The predicted molar refractivity (Wildman–Crippen MR) is 165 cm³/mol. The first-order valence-corrected chi connectivity index (χ1v) is 17.6. The van der Waals surface area contributed by atoms with Gasteiger partial charge in [-0.3, -0.25) is 0 Å². The van der Waals surface area contributed by atoms with E-state index in [1.807, 2.05) is 6.92 Å². The lowest BCUT2D eigenvalue weighted by Crippen LogP contribution is -2.59. The highest BCUT2D eigenvalue weighted by Crippen LogP contribution is 2.64. The van der Waals surface area contributed by atoms with Gasteiger partial charge < -0.3 is 43.4 Å². The largest absolute Gasteiger partial charge is 0.394 e. The zero-order valence-corrected chi connectivity index (χ0v) is 29.2. The van der Waals surface area contributed by atoms with Crippen molar-refractivity contribution in [1.82, 2.24) is 0 Å². The van der Waals surface area contributed by atoms with E-state index in [2.05, 4.69) is 76.2 Å². The van der Waals surface area contributed by atoms with Crippen LogP contribution in [0.3, 0.4) is 0 Å². The summed E-state index contributed by atoms with van der Waals surface area (Å²) >= 11 is 0. The highest BCUT2D eigenvalue weighted by molar-refractivity contribution is 5.17. The molecule has 0 aromatic carbocycles. The van der Waals surface area contributed by atoms with Gasteiger partial charge in [0.25, 0.3) is 0 Å². The first-order chi connectivity index (χ1) is 20.7. The summed E-state index contributed by atoms with van der Waals surface area (Å²) < 4.78 is 45.5. The van der Waals surface area contributed by atoms with Crippen molar-refractivity contribution in [2.45, 2.75) is 163 Å². The third kappa shape index (κ3) is 6.05. The number of hydrogen-bond acceptors (Lipinski definition) is 9. The fourth-order valence-electron chi connectivity index (χ4n) is 8.98. The zero-order valence-electron chi connectivity index (χ0n) is 29.2. The number of hydrogen-bond donors (Lipinski definition) is 2. The number of aliphatic hydroxyl groups is 2. The minimum Gasteiger partial charge on any atom is -0.394 e. The maximum Gasteiger partial charge on any atom is 0.164 e. The van der Waals surface area contributed by atoms with Crippen LogP contribution in [0.4, 0.5) is 0 Å². The Morgan fingerprint density at radius 2 is 1.14 bits per heavy atom. The highest BCUT2D eigenvalue weighted by atomic mass is 16.7. The lowest BCUT2D eigenvalue weighted by molar-refractivity contribution is -0.342. The van der Waals surface area contributed by atoms with Crippen molar-refractivity contribution in [3.05, 3.63) is 0 Å². The van der Waals surface area contributed by atoms with Crippen LogP contribution in [0.15, 0.2) is 0 Å². The average Bonchev–Trinajstić information content (AvgIpc) is 3.62. The van der Waals surface area contributed by atoms with Crippen molar-refractivity contribution in [2.75, 3.05) is 6.61 Å². The Balaban J connectivity index is 1.25. The van der Waals surface area contributed by atoms with Gasteiger partial charge in [0.05, 0.1) is 48.8 Å². The number of ether oxygens (including phenoxy) is 7. The molecule has 0 radical (unpaired) electrons. The lowest BCUT2D eigenvalue weighted by atomic mass is 9.79. The van der Waals surface area contributed by atoms with Gasteiger partial charge in [-0.15, -0.1) is 0 Å².